The van der Waals surface area contributed by atoms with Gasteiger partial charge < -0.3 is 4.74 Å². The van der Waals surface area contributed by atoms with Crippen LogP contribution >= 0.6 is 22.9 Å². The van der Waals surface area contributed by atoms with Crippen LogP contribution in [0.15, 0.2) is 36.5 Å². The van der Waals surface area contributed by atoms with Gasteiger partial charge in [-0.05, 0) is 12.5 Å². The van der Waals surface area contributed by atoms with E-state index >= 15 is 0 Å². The SMILES string of the molecule is CCOC(=O)CN(Cc1ccccc1)Cc1cnc(Cl)s1. The van der Waals surface area contributed by atoms with Crippen molar-refractivity contribution in [2.24, 2.45) is 0 Å². The van der Waals surface area contributed by atoms with Gasteiger partial charge in [-0.1, -0.05) is 41.9 Å². The van der Waals surface area contributed by atoms with Crippen LogP contribution in [-0.4, -0.2) is 29.0 Å². The van der Waals surface area contributed by atoms with Gasteiger partial charge in [0.1, 0.15) is 0 Å². The van der Waals surface area contributed by atoms with E-state index in [-0.39, 0.29) is 12.5 Å². The molecule has 0 spiro atoms. The molecule has 1 aromatic carbocycles. The summed E-state index contributed by atoms with van der Waals surface area (Å²) in [7, 11) is 0. The lowest BCUT2D eigenvalue weighted by Gasteiger charge is -2.20. The topological polar surface area (TPSA) is 42.4 Å². The third-order valence-corrected chi connectivity index (χ3v) is 3.91. The van der Waals surface area contributed by atoms with Gasteiger partial charge in [0.2, 0.25) is 0 Å². The summed E-state index contributed by atoms with van der Waals surface area (Å²) in [4.78, 5) is 18.8. The van der Waals surface area contributed by atoms with Crippen LogP contribution in [0, 0.1) is 0 Å². The second-order valence-electron chi connectivity index (χ2n) is 4.52. The van der Waals surface area contributed by atoms with E-state index in [1.165, 1.54) is 11.3 Å². The number of aromatic nitrogens is 1. The molecule has 4 nitrogen and oxygen atoms in total. The van der Waals surface area contributed by atoms with Gasteiger partial charge >= 0.3 is 5.97 Å². The van der Waals surface area contributed by atoms with Crippen LogP contribution in [-0.2, 0) is 22.6 Å². The Balaban J connectivity index is 2.04. The smallest absolute Gasteiger partial charge is 0.320 e. The highest BCUT2D eigenvalue weighted by Gasteiger charge is 2.14. The first-order valence-corrected chi connectivity index (χ1v) is 7.89. The summed E-state index contributed by atoms with van der Waals surface area (Å²) in [5, 5.41) is 0. The van der Waals surface area contributed by atoms with Crippen molar-refractivity contribution in [2.75, 3.05) is 13.2 Å². The lowest BCUT2D eigenvalue weighted by molar-refractivity contribution is -0.144. The van der Waals surface area contributed by atoms with Gasteiger partial charge in [0.25, 0.3) is 0 Å². The minimum Gasteiger partial charge on any atom is -0.465 e. The van der Waals surface area contributed by atoms with Crippen molar-refractivity contribution in [1.82, 2.24) is 9.88 Å². The van der Waals surface area contributed by atoms with Crippen molar-refractivity contribution < 1.29 is 9.53 Å². The average Bonchev–Trinajstić information content (AvgIpc) is 2.85. The summed E-state index contributed by atoms with van der Waals surface area (Å²) in [6.07, 6.45) is 1.75. The molecule has 0 atom stereocenters. The molecule has 112 valence electrons. The molecule has 0 unspecified atom stereocenters. The summed E-state index contributed by atoms with van der Waals surface area (Å²) >= 11 is 7.28. The number of hydrogen-bond acceptors (Lipinski definition) is 5. The predicted octanol–water partition coefficient (Wildman–Crippen LogP) is 3.36. The van der Waals surface area contributed by atoms with Crippen LogP contribution in [0.25, 0.3) is 0 Å². The number of thiazole rings is 1. The number of carbonyl (C=O) groups excluding carboxylic acids is 1. The Hall–Kier alpha value is -1.43. The third kappa shape index (κ3) is 5.46. The normalized spacial score (nSPS) is 10.8. The minimum absolute atomic E-state index is 0.218. The molecule has 0 N–H and O–H groups in total. The molecule has 0 saturated heterocycles. The van der Waals surface area contributed by atoms with Crippen molar-refractivity contribution in [1.29, 1.82) is 0 Å². The molecule has 6 heteroatoms. The second kappa shape index (κ2) is 8.12. The maximum atomic E-state index is 11.7. The highest BCUT2D eigenvalue weighted by Crippen LogP contribution is 2.20. The first-order valence-electron chi connectivity index (χ1n) is 6.69. The third-order valence-electron chi connectivity index (χ3n) is 2.81. The Labute approximate surface area is 133 Å². The number of benzene rings is 1. The Morgan fingerprint density at radius 2 is 2.10 bits per heavy atom. The van der Waals surface area contributed by atoms with E-state index in [1.807, 2.05) is 42.2 Å². The lowest BCUT2D eigenvalue weighted by atomic mass is 10.2. The molecule has 21 heavy (non-hydrogen) atoms. The highest BCUT2D eigenvalue weighted by atomic mass is 35.5. The fourth-order valence-electron chi connectivity index (χ4n) is 1.98. The van der Waals surface area contributed by atoms with E-state index in [9.17, 15) is 4.79 Å². The van der Waals surface area contributed by atoms with Crippen LogP contribution in [0.3, 0.4) is 0 Å². The van der Waals surface area contributed by atoms with E-state index in [0.717, 1.165) is 10.4 Å². The van der Waals surface area contributed by atoms with Crippen molar-refractivity contribution in [3.05, 3.63) is 51.4 Å². The molecule has 0 saturated carbocycles. The zero-order valence-corrected chi connectivity index (χ0v) is 13.4. The standard InChI is InChI=1S/C15H17ClN2O2S/c1-2-20-14(19)11-18(9-12-6-4-3-5-7-12)10-13-8-17-15(16)21-13/h3-8H,2,9-11H2,1H3. The molecule has 1 aromatic heterocycles. The summed E-state index contributed by atoms with van der Waals surface area (Å²) in [5.74, 6) is -0.218. The van der Waals surface area contributed by atoms with E-state index < -0.39 is 0 Å². The molecule has 0 radical (unpaired) electrons. The summed E-state index contributed by atoms with van der Waals surface area (Å²) in [6.45, 7) is 3.75. The maximum absolute atomic E-state index is 11.7. The Kier molecular flexibility index (Phi) is 6.17. The van der Waals surface area contributed by atoms with Crippen LogP contribution in [0.2, 0.25) is 4.47 Å². The van der Waals surface area contributed by atoms with E-state index in [1.54, 1.807) is 6.20 Å². The molecular formula is C15H17ClN2O2S. The number of hydrogen-bond donors (Lipinski definition) is 0. The van der Waals surface area contributed by atoms with Gasteiger partial charge in [-0.15, -0.1) is 11.3 Å². The lowest BCUT2D eigenvalue weighted by Crippen LogP contribution is -2.30. The average molecular weight is 325 g/mol. The first kappa shape index (κ1) is 15.9. The van der Waals surface area contributed by atoms with E-state index in [0.29, 0.717) is 24.2 Å². The molecule has 0 fully saturated rings. The van der Waals surface area contributed by atoms with Crippen LogP contribution in [0.4, 0.5) is 0 Å². The molecular weight excluding hydrogens is 308 g/mol. The van der Waals surface area contributed by atoms with Crippen LogP contribution in [0.1, 0.15) is 17.4 Å². The Morgan fingerprint density at radius 1 is 1.33 bits per heavy atom. The monoisotopic (exact) mass is 324 g/mol. The van der Waals surface area contributed by atoms with Crippen molar-refractivity contribution in [3.8, 4) is 0 Å². The van der Waals surface area contributed by atoms with Crippen LogP contribution < -0.4 is 0 Å². The highest BCUT2D eigenvalue weighted by molar-refractivity contribution is 7.15. The van der Waals surface area contributed by atoms with E-state index in [2.05, 4.69) is 4.98 Å². The van der Waals surface area contributed by atoms with Gasteiger partial charge in [-0.2, -0.15) is 0 Å². The molecule has 2 aromatic rings. The Morgan fingerprint density at radius 3 is 2.71 bits per heavy atom. The molecule has 1 heterocycles. The van der Waals surface area contributed by atoms with Gasteiger partial charge in [0, 0.05) is 24.2 Å². The molecule has 0 amide bonds. The van der Waals surface area contributed by atoms with Gasteiger partial charge in [0.15, 0.2) is 4.47 Å². The zero-order chi connectivity index (χ0) is 15.1. The summed E-state index contributed by atoms with van der Waals surface area (Å²) < 4.78 is 5.55. The van der Waals surface area contributed by atoms with E-state index in [4.69, 9.17) is 16.3 Å². The Bertz CT molecular complexity index is 574. The second-order valence-corrected chi connectivity index (χ2v) is 6.21. The van der Waals surface area contributed by atoms with Crippen LogP contribution in [0.5, 0.6) is 0 Å². The largest absolute Gasteiger partial charge is 0.465 e. The summed E-state index contributed by atoms with van der Waals surface area (Å²) in [6, 6.07) is 10.0. The number of ether oxygens (including phenoxy) is 1. The molecule has 0 aliphatic rings. The fraction of sp³-hybridized carbons (Fsp3) is 0.333. The maximum Gasteiger partial charge on any atom is 0.320 e. The zero-order valence-electron chi connectivity index (χ0n) is 11.8. The number of rotatable bonds is 7. The predicted molar refractivity (Wildman–Crippen MR) is 84.3 cm³/mol. The van der Waals surface area contributed by atoms with Gasteiger partial charge in [0.05, 0.1) is 13.2 Å². The molecule has 0 aliphatic carbocycles. The number of nitrogens with zero attached hydrogens (tertiary/aromatic N) is 2. The fourth-order valence-corrected chi connectivity index (χ4v) is 3.00. The minimum atomic E-state index is -0.218. The van der Waals surface area contributed by atoms with Gasteiger partial charge in [-0.25, -0.2) is 4.98 Å². The van der Waals surface area contributed by atoms with Crippen molar-refractivity contribution in [2.45, 2.75) is 20.0 Å². The molecule has 0 aliphatic heterocycles. The van der Waals surface area contributed by atoms with Gasteiger partial charge in [-0.3, -0.25) is 9.69 Å². The van der Waals surface area contributed by atoms with Crippen molar-refractivity contribution >= 4 is 28.9 Å². The quantitative estimate of drug-likeness (QED) is 0.732. The first-order chi connectivity index (χ1) is 10.2. The molecule has 2 rings (SSSR count). The molecule has 0 bridgehead atoms. The van der Waals surface area contributed by atoms with Crippen molar-refractivity contribution in [3.63, 3.8) is 0 Å². The number of carbonyl (C=O) groups is 1. The number of esters is 1. The summed E-state index contributed by atoms with van der Waals surface area (Å²) in [5.41, 5.74) is 1.15. The number of halogens is 1.